The maximum absolute atomic E-state index is 13.8. The molecule has 11 heteroatoms. The van der Waals surface area contributed by atoms with E-state index in [0.29, 0.717) is 0 Å². The molecule has 1 aromatic heterocycles. The molecular formula is C22H19F4N3O4. The highest BCUT2D eigenvalue weighted by Crippen LogP contribution is 2.26. The molecule has 0 unspecified atom stereocenters. The summed E-state index contributed by atoms with van der Waals surface area (Å²) in [6.07, 6.45) is -5.77. The third-order valence-corrected chi connectivity index (χ3v) is 4.67. The zero-order valence-corrected chi connectivity index (χ0v) is 17.4. The molecule has 0 saturated heterocycles. The quantitative estimate of drug-likeness (QED) is 0.544. The number of aliphatic hydroxyl groups is 1. The Morgan fingerprint density at radius 2 is 1.79 bits per heavy atom. The first kappa shape index (κ1) is 23.9. The Morgan fingerprint density at radius 1 is 1.12 bits per heavy atom. The Kier molecular flexibility index (Phi) is 6.82. The third kappa shape index (κ3) is 5.95. The Labute approximate surface area is 185 Å². The highest BCUT2D eigenvalue weighted by molar-refractivity contribution is 5.95. The maximum atomic E-state index is 13.8. The summed E-state index contributed by atoms with van der Waals surface area (Å²) in [7, 11) is 0. The van der Waals surface area contributed by atoms with Crippen LogP contribution in [-0.2, 0) is 0 Å². The molecule has 0 aliphatic rings. The smallest absolute Gasteiger partial charge is 0.406 e. The molecule has 1 heterocycles. The van der Waals surface area contributed by atoms with Crippen LogP contribution in [0.2, 0.25) is 0 Å². The van der Waals surface area contributed by atoms with Crippen LogP contribution in [0.4, 0.5) is 17.6 Å². The van der Waals surface area contributed by atoms with Crippen molar-refractivity contribution in [3.05, 3.63) is 76.3 Å². The van der Waals surface area contributed by atoms with Crippen LogP contribution in [0.5, 0.6) is 5.75 Å². The molecule has 174 valence electrons. The summed E-state index contributed by atoms with van der Waals surface area (Å²) >= 11 is 0. The van der Waals surface area contributed by atoms with Gasteiger partial charge in [0, 0.05) is 5.56 Å². The second-order valence-electron chi connectivity index (χ2n) is 7.22. The van der Waals surface area contributed by atoms with E-state index in [1.54, 1.807) is 0 Å². The van der Waals surface area contributed by atoms with Gasteiger partial charge < -0.3 is 15.2 Å². The van der Waals surface area contributed by atoms with Crippen molar-refractivity contribution in [1.29, 1.82) is 0 Å². The van der Waals surface area contributed by atoms with Crippen LogP contribution in [0.1, 0.15) is 24.2 Å². The Balaban J connectivity index is 2.11. The monoisotopic (exact) mass is 465 g/mol. The van der Waals surface area contributed by atoms with E-state index in [0.717, 1.165) is 28.9 Å². The van der Waals surface area contributed by atoms with E-state index in [1.165, 1.54) is 44.2 Å². The number of ether oxygens (including phenoxy) is 1. The van der Waals surface area contributed by atoms with Gasteiger partial charge in [0.05, 0.1) is 23.5 Å². The number of rotatable bonds is 6. The Bertz CT molecular complexity index is 1210. The van der Waals surface area contributed by atoms with Crippen molar-refractivity contribution in [1.82, 2.24) is 15.1 Å². The molecule has 0 spiro atoms. The molecule has 3 aromatic rings. The molecule has 3 rings (SSSR count). The van der Waals surface area contributed by atoms with Gasteiger partial charge in [0.2, 0.25) is 0 Å². The van der Waals surface area contributed by atoms with E-state index >= 15 is 0 Å². The average Bonchev–Trinajstić information content (AvgIpc) is 2.73. The Morgan fingerprint density at radius 3 is 2.36 bits per heavy atom. The molecule has 0 bridgehead atoms. The molecule has 7 nitrogen and oxygen atoms in total. The first-order valence-electron chi connectivity index (χ1n) is 9.70. The molecule has 0 aliphatic carbocycles. The fourth-order valence-corrected chi connectivity index (χ4v) is 2.81. The van der Waals surface area contributed by atoms with Crippen molar-refractivity contribution in [3.63, 3.8) is 0 Å². The summed E-state index contributed by atoms with van der Waals surface area (Å²) in [6.45, 7) is 2.99. The topological polar surface area (TPSA) is 93.4 Å². The van der Waals surface area contributed by atoms with E-state index < -0.39 is 41.5 Å². The van der Waals surface area contributed by atoms with E-state index in [2.05, 4.69) is 15.2 Å². The molecule has 2 N–H and O–H groups in total. The normalized spacial score (nSPS) is 13.3. The van der Waals surface area contributed by atoms with Gasteiger partial charge >= 0.3 is 6.36 Å². The minimum atomic E-state index is -4.86. The summed E-state index contributed by atoms with van der Waals surface area (Å²) in [5.41, 5.74) is -0.833. The van der Waals surface area contributed by atoms with Gasteiger partial charge in [0.1, 0.15) is 17.1 Å². The fourth-order valence-electron chi connectivity index (χ4n) is 2.81. The highest BCUT2D eigenvalue weighted by Gasteiger charge is 2.31. The lowest BCUT2D eigenvalue weighted by Gasteiger charge is -2.17. The molecule has 1 amide bonds. The van der Waals surface area contributed by atoms with E-state index in [-0.39, 0.29) is 22.5 Å². The van der Waals surface area contributed by atoms with Crippen molar-refractivity contribution in [2.24, 2.45) is 0 Å². The summed E-state index contributed by atoms with van der Waals surface area (Å²) in [4.78, 5) is 25.7. The Hall–Kier alpha value is -3.73. The molecule has 33 heavy (non-hydrogen) atoms. The van der Waals surface area contributed by atoms with Gasteiger partial charge in [-0.15, -0.1) is 13.2 Å². The van der Waals surface area contributed by atoms with E-state index in [4.69, 9.17) is 0 Å². The summed E-state index contributed by atoms with van der Waals surface area (Å²) < 4.78 is 55.7. The zero-order chi connectivity index (χ0) is 24.3. The van der Waals surface area contributed by atoms with Crippen LogP contribution in [0.25, 0.3) is 16.9 Å². The molecule has 0 fully saturated rings. The highest BCUT2D eigenvalue weighted by atomic mass is 19.4. The number of hydrogen-bond acceptors (Lipinski definition) is 5. The fraction of sp³-hybridized carbons (Fsp3) is 0.227. The zero-order valence-electron chi connectivity index (χ0n) is 17.4. The van der Waals surface area contributed by atoms with Crippen molar-refractivity contribution in [2.75, 3.05) is 0 Å². The summed E-state index contributed by atoms with van der Waals surface area (Å²) in [6, 6.07) is 10.1. The number of alkyl halides is 3. The number of carbonyl (C=O) groups excluding carboxylic acids is 1. The molecular weight excluding hydrogens is 446 g/mol. The van der Waals surface area contributed by atoms with E-state index in [9.17, 15) is 32.3 Å². The number of nitrogens with one attached hydrogen (secondary N) is 1. The predicted molar refractivity (Wildman–Crippen MR) is 111 cm³/mol. The van der Waals surface area contributed by atoms with Gasteiger partial charge in [-0.2, -0.15) is 9.78 Å². The first-order chi connectivity index (χ1) is 15.4. The van der Waals surface area contributed by atoms with Gasteiger partial charge in [0.15, 0.2) is 0 Å². The van der Waals surface area contributed by atoms with Crippen LogP contribution in [0, 0.1) is 5.82 Å². The van der Waals surface area contributed by atoms with Gasteiger partial charge in [-0.3, -0.25) is 9.59 Å². The molecule has 2 atom stereocenters. The minimum Gasteiger partial charge on any atom is -0.406 e. The number of aromatic nitrogens is 2. The van der Waals surface area contributed by atoms with Crippen molar-refractivity contribution in [3.8, 4) is 22.7 Å². The van der Waals surface area contributed by atoms with Crippen LogP contribution in [0.3, 0.4) is 0 Å². The number of carbonyl (C=O) groups is 1. The van der Waals surface area contributed by atoms with Crippen molar-refractivity contribution < 1.29 is 32.2 Å². The second-order valence-corrected chi connectivity index (χ2v) is 7.22. The average molecular weight is 465 g/mol. The number of amides is 1. The van der Waals surface area contributed by atoms with Crippen LogP contribution < -0.4 is 15.6 Å². The number of aliphatic hydroxyl groups excluding tert-OH is 1. The molecule has 0 saturated carbocycles. The van der Waals surface area contributed by atoms with Crippen molar-refractivity contribution in [2.45, 2.75) is 32.4 Å². The lowest BCUT2D eigenvalue weighted by molar-refractivity contribution is -0.274. The first-order valence-corrected chi connectivity index (χ1v) is 9.70. The molecule has 0 aliphatic heterocycles. The number of benzene rings is 2. The molecule has 2 aromatic carbocycles. The van der Waals surface area contributed by atoms with E-state index in [1.807, 2.05) is 0 Å². The largest absolute Gasteiger partial charge is 0.573 e. The lowest BCUT2D eigenvalue weighted by atomic mass is 10.1. The SMILES string of the molecule is C[C@H](O)[C@@H](C)NC(=O)c1cc(-c2ccc(OC(F)(F)F)cc2)nn(-c2cccc(F)c2)c1=O. The summed E-state index contributed by atoms with van der Waals surface area (Å²) in [5, 5.41) is 16.3. The van der Waals surface area contributed by atoms with Gasteiger partial charge in [-0.25, -0.2) is 4.39 Å². The van der Waals surface area contributed by atoms with Gasteiger partial charge in [-0.1, -0.05) is 6.07 Å². The standard InChI is InChI=1S/C22H19F4N3O4/c1-12(13(2)30)27-20(31)18-11-19(14-6-8-17(9-7-14)33-22(24,25)26)28-29(21(18)32)16-5-3-4-15(23)10-16/h3-13,30H,1-2H3,(H,27,31)/t12-,13+/m1/s1. The van der Waals surface area contributed by atoms with Crippen LogP contribution in [-0.4, -0.2) is 39.3 Å². The third-order valence-electron chi connectivity index (χ3n) is 4.67. The number of halogens is 4. The van der Waals surface area contributed by atoms with Gasteiger partial charge in [0.25, 0.3) is 11.5 Å². The number of nitrogens with zero attached hydrogens (tertiary/aromatic N) is 2. The predicted octanol–water partition coefficient (Wildman–Crippen LogP) is 3.44. The van der Waals surface area contributed by atoms with Crippen molar-refractivity contribution >= 4 is 5.91 Å². The molecule has 0 radical (unpaired) electrons. The van der Waals surface area contributed by atoms with Gasteiger partial charge in [-0.05, 0) is 62.4 Å². The summed E-state index contributed by atoms with van der Waals surface area (Å²) in [5.74, 6) is -1.92. The second kappa shape index (κ2) is 9.41. The maximum Gasteiger partial charge on any atom is 0.573 e. The minimum absolute atomic E-state index is 0.0384. The number of hydrogen-bond donors (Lipinski definition) is 2. The van der Waals surface area contributed by atoms with Crippen LogP contribution in [0.15, 0.2) is 59.4 Å². The van der Waals surface area contributed by atoms with Crippen LogP contribution >= 0.6 is 0 Å². The lowest BCUT2D eigenvalue weighted by Crippen LogP contribution is -2.42.